The molecule has 1 atom stereocenters. The molecule has 0 aliphatic heterocycles. The highest BCUT2D eigenvalue weighted by atomic mass is 32.2. The van der Waals surface area contributed by atoms with Crippen molar-refractivity contribution in [1.29, 1.82) is 0 Å². The van der Waals surface area contributed by atoms with Gasteiger partial charge in [0, 0.05) is 11.6 Å². The average molecular weight is 299 g/mol. The molecule has 1 unspecified atom stereocenters. The quantitative estimate of drug-likeness (QED) is 0.816. The maximum Gasteiger partial charge on any atom is 0.191 e. The van der Waals surface area contributed by atoms with Gasteiger partial charge in [0.2, 0.25) is 0 Å². The van der Waals surface area contributed by atoms with Crippen molar-refractivity contribution in [1.82, 2.24) is 14.8 Å². The molecule has 2 aromatic rings. The first-order chi connectivity index (χ1) is 10.3. The lowest BCUT2D eigenvalue weighted by Gasteiger charge is -2.13. The Labute approximate surface area is 128 Å². The molecular formula is C16H17N3OS. The molecular weight excluding hydrogens is 282 g/mol. The fraction of sp³-hybridized carbons (Fsp3) is 0.438. The average Bonchev–Trinajstić information content (AvgIpc) is 3.27. The second-order valence-electron chi connectivity index (χ2n) is 5.77. The summed E-state index contributed by atoms with van der Waals surface area (Å²) < 4.78 is 2.13. The van der Waals surface area contributed by atoms with E-state index in [4.69, 9.17) is 0 Å². The number of hydrogen-bond donors (Lipinski definition) is 0. The van der Waals surface area contributed by atoms with Crippen LogP contribution < -0.4 is 0 Å². The van der Waals surface area contributed by atoms with Crippen LogP contribution in [0.25, 0.3) is 0 Å². The number of hydrogen-bond acceptors (Lipinski definition) is 4. The molecule has 0 radical (unpaired) electrons. The molecule has 0 amide bonds. The van der Waals surface area contributed by atoms with Crippen molar-refractivity contribution < 1.29 is 4.79 Å². The SMILES string of the molecule is O=C1c2ccccc2CCCC1Sc1nncn1C1CC1. The zero-order valence-corrected chi connectivity index (χ0v) is 12.6. The number of thioether (sulfide) groups is 1. The third kappa shape index (κ3) is 2.50. The van der Waals surface area contributed by atoms with Gasteiger partial charge in [-0.1, -0.05) is 36.0 Å². The fourth-order valence-corrected chi connectivity index (χ4v) is 4.11. The van der Waals surface area contributed by atoms with Gasteiger partial charge in [0.25, 0.3) is 0 Å². The van der Waals surface area contributed by atoms with Crippen LogP contribution in [-0.2, 0) is 6.42 Å². The molecule has 4 rings (SSSR count). The summed E-state index contributed by atoms with van der Waals surface area (Å²) in [5.41, 5.74) is 2.08. The summed E-state index contributed by atoms with van der Waals surface area (Å²) in [6.45, 7) is 0. The topological polar surface area (TPSA) is 47.8 Å². The lowest BCUT2D eigenvalue weighted by Crippen LogP contribution is -2.17. The first-order valence-electron chi connectivity index (χ1n) is 7.51. The largest absolute Gasteiger partial charge is 0.306 e. The van der Waals surface area contributed by atoms with Crippen LogP contribution in [0.5, 0.6) is 0 Å². The normalized spacial score (nSPS) is 21.9. The van der Waals surface area contributed by atoms with E-state index in [2.05, 4.69) is 20.8 Å². The summed E-state index contributed by atoms with van der Waals surface area (Å²) >= 11 is 1.59. The lowest BCUT2D eigenvalue weighted by molar-refractivity contribution is 0.0988. The Morgan fingerprint density at radius 1 is 1.19 bits per heavy atom. The van der Waals surface area contributed by atoms with Crippen LogP contribution in [0, 0.1) is 0 Å². The van der Waals surface area contributed by atoms with E-state index >= 15 is 0 Å². The summed E-state index contributed by atoms with van der Waals surface area (Å²) in [6, 6.07) is 8.56. The van der Waals surface area contributed by atoms with Crippen LogP contribution in [0.2, 0.25) is 0 Å². The maximum absolute atomic E-state index is 12.8. The maximum atomic E-state index is 12.8. The summed E-state index contributed by atoms with van der Waals surface area (Å²) in [4.78, 5) is 12.8. The van der Waals surface area contributed by atoms with Crippen LogP contribution in [0.15, 0.2) is 35.7 Å². The second-order valence-corrected chi connectivity index (χ2v) is 6.94. The number of aromatic nitrogens is 3. The van der Waals surface area contributed by atoms with Crippen LogP contribution in [0.1, 0.15) is 47.6 Å². The molecule has 2 aliphatic carbocycles. The van der Waals surface area contributed by atoms with Gasteiger partial charge >= 0.3 is 0 Å². The molecule has 0 N–H and O–H groups in total. The minimum Gasteiger partial charge on any atom is -0.306 e. The Kier molecular flexibility index (Phi) is 3.30. The van der Waals surface area contributed by atoms with E-state index in [1.54, 1.807) is 18.1 Å². The van der Waals surface area contributed by atoms with E-state index in [1.807, 2.05) is 18.2 Å². The Balaban J connectivity index is 1.60. The third-order valence-corrected chi connectivity index (χ3v) is 5.45. The molecule has 1 aromatic heterocycles. The number of carbonyl (C=O) groups is 1. The zero-order valence-electron chi connectivity index (χ0n) is 11.7. The molecule has 2 aliphatic rings. The molecule has 0 saturated heterocycles. The summed E-state index contributed by atoms with van der Waals surface area (Å²) in [5.74, 6) is 0.249. The molecule has 1 heterocycles. The zero-order chi connectivity index (χ0) is 14.2. The number of aryl methyl sites for hydroxylation is 1. The Morgan fingerprint density at radius 3 is 2.90 bits per heavy atom. The molecule has 1 saturated carbocycles. The first-order valence-corrected chi connectivity index (χ1v) is 8.39. The Bertz CT molecular complexity index is 678. The van der Waals surface area contributed by atoms with E-state index in [0.717, 1.165) is 30.0 Å². The number of fused-ring (bicyclic) bond motifs is 1. The van der Waals surface area contributed by atoms with Crippen LogP contribution in [-0.4, -0.2) is 25.8 Å². The van der Waals surface area contributed by atoms with Crippen LogP contribution >= 0.6 is 11.8 Å². The van der Waals surface area contributed by atoms with E-state index < -0.39 is 0 Å². The molecule has 5 heteroatoms. The molecule has 21 heavy (non-hydrogen) atoms. The Hall–Kier alpha value is -1.62. The monoisotopic (exact) mass is 299 g/mol. The molecule has 108 valence electrons. The van der Waals surface area contributed by atoms with Crippen molar-refractivity contribution in [2.75, 3.05) is 0 Å². The number of ketones is 1. The van der Waals surface area contributed by atoms with Crippen LogP contribution in [0.4, 0.5) is 0 Å². The number of benzene rings is 1. The van der Waals surface area contributed by atoms with Crippen molar-refractivity contribution in [2.45, 2.75) is 48.6 Å². The molecule has 0 bridgehead atoms. The van der Waals surface area contributed by atoms with Crippen molar-refractivity contribution in [3.8, 4) is 0 Å². The molecule has 4 nitrogen and oxygen atoms in total. The van der Waals surface area contributed by atoms with Gasteiger partial charge in [-0.15, -0.1) is 10.2 Å². The number of carbonyl (C=O) groups excluding carboxylic acids is 1. The highest BCUT2D eigenvalue weighted by molar-refractivity contribution is 8.00. The summed E-state index contributed by atoms with van der Waals surface area (Å²) in [5, 5.41) is 9.11. The first kappa shape index (κ1) is 13.1. The van der Waals surface area contributed by atoms with Crippen molar-refractivity contribution >= 4 is 17.5 Å². The summed E-state index contributed by atoms with van der Waals surface area (Å²) in [7, 11) is 0. The van der Waals surface area contributed by atoms with Gasteiger partial charge in [0.1, 0.15) is 6.33 Å². The van der Waals surface area contributed by atoms with Crippen molar-refractivity contribution in [3.63, 3.8) is 0 Å². The summed E-state index contributed by atoms with van der Waals surface area (Å²) in [6.07, 6.45) is 7.16. The van der Waals surface area contributed by atoms with Gasteiger partial charge in [0.15, 0.2) is 10.9 Å². The van der Waals surface area contributed by atoms with E-state index in [9.17, 15) is 4.79 Å². The smallest absolute Gasteiger partial charge is 0.191 e. The van der Waals surface area contributed by atoms with E-state index in [-0.39, 0.29) is 11.0 Å². The van der Waals surface area contributed by atoms with Crippen molar-refractivity contribution in [2.24, 2.45) is 0 Å². The predicted molar refractivity (Wildman–Crippen MR) is 81.6 cm³/mol. The lowest BCUT2D eigenvalue weighted by atomic mass is 10.0. The minimum atomic E-state index is -0.0321. The van der Waals surface area contributed by atoms with Crippen molar-refractivity contribution in [3.05, 3.63) is 41.7 Å². The number of rotatable bonds is 3. The molecule has 1 fully saturated rings. The van der Waals surface area contributed by atoms with E-state index in [1.165, 1.54) is 18.4 Å². The molecule has 1 aromatic carbocycles. The van der Waals surface area contributed by atoms with Crippen LogP contribution in [0.3, 0.4) is 0 Å². The minimum absolute atomic E-state index is 0.0321. The predicted octanol–water partition coefficient (Wildman–Crippen LogP) is 3.29. The van der Waals surface area contributed by atoms with Gasteiger partial charge in [-0.2, -0.15) is 0 Å². The van der Waals surface area contributed by atoms with Gasteiger partial charge in [-0.3, -0.25) is 4.79 Å². The second kappa shape index (κ2) is 5.30. The standard InChI is InChI=1S/C16H17N3OS/c20-15-13-6-2-1-4-11(13)5-3-7-14(15)21-16-18-17-10-19(16)12-8-9-12/h1-2,4,6,10,12,14H,3,5,7-9H2. The Morgan fingerprint density at radius 2 is 2.05 bits per heavy atom. The third-order valence-electron chi connectivity index (χ3n) is 4.22. The van der Waals surface area contributed by atoms with Gasteiger partial charge in [-0.05, 0) is 37.7 Å². The van der Waals surface area contributed by atoms with E-state index in [0.29, 0.717) is 6.04 Å². The molecule has 0 spiro atoms. The highest BCUT2D eigenvalue weighted by Crippen LogP contribution is 2.39. The number of nitrogens with zero attached hydrogens (tertiary/aromatic N) is 3. The van der Waals surface area contributed by atoms with Gasteiger partial charge in [0.05, 0.1) is 5.25 Å². The highest BCUT2D eigenvalue weighted by Gasteiger charge is 2.31. The van der Waals surface area contributed by atoms with Gasteiger partial charge in [-0.25, -0.2) is 0 Å². The fourth-order valence-electron chi connectivity index (χ4n) is 2.92. The number of Topliss-reactive ketones (excluding diaryl/α,β-unsaturated/α-hetero) is 1. The van der Waals surface area contributed by atoms with Gasteiger partial charge < -0.3 is 4.57 Å².